The average molecular weight is 204 g/mol. The molecule has 1 aliphatic heterocycles. The molecule has 5 nitrogen and oxygen atoms in total. The first-order valence-electron chi connectivity index (χ1n) is 4.69. The Balaban J connectivity index is 2.29. The lowest BCUT2D eigenvalue weighted by molar-refractivity contribution is -0.122. The number of carbonyl (C=O) groups excluding carboxylic acids is 1. The SMILES string of the molecule is N/N=C1/NNC(=O)CC1c1ccccc1. The molecule has 1 unspecified atom stereocenters. The van der Waals surface area contributed by atoms with Crippen molar-refractivity contribution in [1.29, 1.82) is 0 Å². The van der Waals surface area contributed by atoms with Crippen LogP contribution in [0.15, 0.2) is 35.4 Å². The van der Waals surface area contributed by atoms with Gasteiger partial charge >= 0.3 is 0 Å². The van der Waals surface area contributed by atoms with Crippen LogP contribution >= 0.6 is 0 Å². The predicted molar refractivity (Wildman–Crippen MR) is 56.7 cm³/mol. The summed E-state index contributed by atoms with van der Waals surface area (Å²) in [5.41, 5.74) is 6.21. The van der Waals surface area contributed by atoms with Crippen LogP contribution in [0.1, 0.15) is 17.9 Å². The molecule has 0 saturated carbocycles. The number of rotatable bonds is 1. The van der Waals surface area contributed by atoms with Gasteiger partial charge in [0, 0.05) is 6.42 Å². The van der Waals surface area contributed by atoms with Gasteiger partial charge in [0.25, 0.3) is 0 Å². The van der Waals surface area contributed by atoms with E-state index in [1.807, 2.05) is 30.3 Å². The van der Waals surface area contributed by atoms with Gasteiger partial charge < -0.3 is 5.84 Å². The summed E-state index contributed by atoms with van der Waals surface area (Å²) in [6.45, 7) is 0. The highest BCUT2D eigenvalue weighted by atomic mass is 16.2. The van der Waals surface area contributed by atoms with Gasteiger partial charge in [-0.3, -0.25) is 15.6 Å². The maximum atomic E-state index is 11.2. The summed E-state index contributed by atoms with van der Waals surface area (Å²) in [6.07, 6.45) is 0.368. The number of nitrogens with two attached hydrogens (primary N) is 1. The standard InChI is InChI=1S/C10H12N4O/c11-12-10-8(6-9(15)13-14-10)7-4-2-1-3-5-7/h1-5,8H,6,11H2,(H,12,14)(H,13,15). The second-order valence-electron chi connectivity index (χ2n) is 3.35. The molecule has 0 spiro atoms. The van der Waals surface area contributed by atoms with E-state index in [0.29, 0.717) is 12.3 Å². The predicted octanol–water partition coefficient (Wildman–Crippen LogP) is 0.0669. The van der Waals surface area contributed by atoms with Gasteiger partial charge in [0.2, 0.25) is 5.91 Å². The highest BCUT2D eigenvalue weighted by molar-refractivity contribution is 5.97. The van der Waals surface area contributed by atoms with Crippen molar-refractivity contribution in [2.75, 3.05) is 0 Å². The summed E-state index contributed by atoms with van der Waals surface area (Å²) in [6, 6.07) is 9.69. The van der Waals surface area contributed by atoms with Crippen LogP contribution in [0.25, 0.3) is 0 Å². The van der Waals surface area contributed by atoms with Gasteiger partial charge in [-0.25, -0.2) is 0 Å². The molecule has 1 amide bonds. The number of benzene rings is 1. The van der Waals surface area contributed by atoms with E-state index >= 15 is 0 Å². The fraction of sp³-hybridized carbons (Fsp3) is 0.200. The first-order chi connectivity index (χ1) is 7.31. The molecule has 15 heavy (non-hydrogen) atoms. The molecule has 1 aromatic rings. The molecule has 1 fully saturated rings. The molecule has 0 aromatic heterocycles. The Morgan fingerprint density at radius 2 is 2.00 bits per heavy atom. The summed E-state index contributed by atoms with van der Waals surface area (Å²) >= 11 is 0. The molecule has 0 bridgehead atoms. The van der Waals surface area contributed by atoms with E-state index in [-0.39, 0.29) is 11.8 Å². The normalized spacial score (nSPS) is 23.3. The largest absolute Gasteiger partial charge is 0.322 e. The molecule has 1 aromatic carbocycles. The molecule has 1 saturated heterocycles. The summed E-state index contributed by atoms with van der Waals surface area (Å²) in [5.74, 6) is 5.70. The zero-order valence-electron chi connectivity index (χ0n) is 8.10. The molecule has 0 aliphatic carbocycles. The minimum absolute atomic E-state index is 0.0590. The molecule has 5 heteroatoms. The zero-order valence-corrected chi connectivity index (χ0v) is 8.10. The van der Waals surface area contributed by atoms with Crippen molar-refractivity contribution in [3.63, 3.8) is 0 Å². The van der Waals surface area contributed by atoms with Gasteiger partial charge in [0.15, 0.2) is 0 Å². The van der Waals surface area contributed by atoms with Crippen molar-refractivity contribution in [2.45, 2.75) is 12.3 Å². The number of carbonyl (C=O) groups is 1. The van der Waals surface area contributed by atoms with Crippen molar-refractivity contribution in [3.05, 3.63) is 35.9 Å². The van der Waals surface area contributed by atoms with Gasteiger partial charge in [0.1, 0.15) is 5.84 Å². The van der Waals surface area contributed by atoms with Gasteiger partial charge in [-0.2, -0.15) is 5.10 Å². The number of hydrazine groups is 1. The molecule has 1 aliphatic rings. The topological polar surface area (TPSA) is 79.5 Å². The maximum Gasteiger partial charge on any atom is 0.239 e. The average Bonchev–Trinajstić information content (AvgIpc) is 2.30. The molecular formula is C10H12N4O. The molecule has 2 rings (SSSR count). The van der Waals surface area contributed by atoms with Crippen LogP contribution in [-0.2, 0) is 4.79 Å². The van der Waals surface area contributed by atoms with Gasteiger partial charge in [0.05, 0.1) is 5.92 Å². The fourth-order valence-electron chi connectivity index (χ4n) is 1.64. The first kappa shape index (κ1) is 9.51. The van der Waals surface area contributed by atoms with Crippen molar-refractivity contribution in [2.24, 2.45) is 10.9 Å². The Hall–Kier alpha value is -2.04. The Labute approximate surface area is 87.3 Å². The maximum absolute atomic E-state index is 11.2. The van der Waals surface area contributed by atoms with Crippen molar-refractivity contribution in [1.82, 2.24) is 10.9 Å². The van der Waals surface area contributed by atoms with E-state index in [0.717, 1.165) is 5.56 Å². The van der Waals surface area contributed by atoms with Crippen LogP contribution in [0.5, 0.6) is 0 Å². The van der Waals surface area contributed by atoms with Gasteiger partial charge in [-0.15, -0.1) is 0 Å². The lowest BCUT2D eigenvalue weighted by Gasteiger charge is -2.25. The lowest BCUT2D eigenvalue weighted by atomic mass is 9.93. The van der Waals surface area contributed by atoms with Crippen LogP contribution in [0.2, 0.25) is 0 Å². The Bertz CT molecular complexity index is 388. The third kappa shape index (κ3) is 1.90. The summed E-state index contributed by atoms with van der Waals surface area (Å²) in [4.78, 5) is 11.2. The molecule has 0 radical (unpaired) electrons. The van der Waals surface area contributed by atoms with E-state index in [1.54, 1.807) is 0 Å². The number of amides is 1. The Morgan fingerprint density at radius 3 is 2.67 bits per heavy atom. The molecule has 78 valence electrons. The molecule has 4 N–H and O–H groups in total. The van der Waals surface area contributed by atoms with E-state index in [4.69, 9.17) is 5.84 Å². The molecule has 1 atom stereocenters. The second kappa shape index (κ2) is 4.00. The lowest BCUT2D eigenvalue weighted by Crippen LogP contribution is -2.50. The number of amidine groups is 1. The summed E-state index contributed by atoms with van der Waals surface area (Å²) < 4.78 is 0. The van der Waals surface area contributed by atoms with Crippen LogP contribution in [0.4, 0.5) is 0 Å². The van der Waals surface area contributed by atoms with E-state index in [2.05, 4.69) is 16.0 Å². The summed E-state index contributed by atoms with van der Waals surface area (Å²) in [7, 11) is 0. The quantitative estimate of drug-likeness (QED) is 0.447. The van der Waals surface area contributed by atoms with E-state index in [9.17, 15) is 4.79 Å². The van der Waals surface area contributed by atoms with Crippen molar-refractivity contribution < 1.29 is 4.79 Å². The molecule has 1 heterocycles. The number of nitrogens with zero attached hydrogens (tertiary/aromatic N) is 1. The Morgan fingerprint density at radius 1 is 1.27 bits per heavy atom. The van der Waals surface area contributed by atoms with E-state index < -0.39 is 0 Å². The van der Waals surface area contributed by atoms with Gasteiger partial charge in [-0.1, -0.05) is 30.3 Å². The highest BCUT2D eigenvalue weighted by Crippen LogP contribution is 2.21. The Kier molecular flexibility index (Phi) is 2.53. The van der Waals surface area contributed by atoms with Gasteiger partial charge in [-0.05, 0) is 5.56 Å². The minimum atomic E-state index is -0.0788. The monoisotopic (exact) mass is 204 g/mol. The van der Waals surface area contributed by atoms with Crippen LogP contribution in [-0.4, -0.2) is 11.7 Å². The van der Waals surface area contributed by atoms with Crippen LogP contribution < -0.4 is 16.7 Å². The highest BCUT2D eigenvalue weighted by Gasteiger charge is 2.26. The third-order valence-electron chi connectivity index (χ3n) is 2.39. The number of hydrazone groups is 1. The number of nitrogens with one attached hydrogen (secondary N) is 2. The van der Waals surface area contributed by atoms with Crippen molar-refractivity contribution in [3.8, 4) is 0 Å². The number of hydrogen-bond donors (Lipinski definition) is 3. The number of hydrogen-bond acceptors (Lipinski definition) is 3. The summed E-state index contributed by atoms with van der Waals surface area (Å²) in [5, 5.41) is 3.63. The minimum Gasteiger partial charge on any atom is -0.322 e. The van der Waals surface area contributed by atoms with Crippen LogP contribution in [0, 0.1) is 0 Å². The van der Waals surface area contributed by atoms with Crippen LogP contribution in [0.3, 0.4) is 0 Å². The third-order valence-corrected chi connectivity index (χ3v) is 2.39. The smallest absolute Gasteiger partial charge is 0.239 e. The zero-order chi connectivity index (χ0) is 10.7. The first-order valence-corrected chi connectivity index (χ1v) is 4.69. The molecular weight excluding hydrogens is 192 g/mol. The second-order valence-corrected chi connectivity index (χ2v) is 3.35. The van der Waals surface area contributed by atoms with E-state index in [1.165, 1.54) is 0 Å². The van der Waals surface area contributed by atoms with Crippen molar-refractivity contribution >= 4 is 11.7 Å². The fourth-order valence-corrected chi connectivity index (χ4v) is 1.64.